The second-order valence-corrected chi connectivity index (χ2v) is 4.13. The van der Waals surface area contributed by atoms with Crippen LogP contribution in [0, 0.1) is 5.82 Å². The minimum absolute atomic E-state index is 0.300. The lowest BCUT2D eigenvalue weighted by Gasteiger charge is -2.04. The maximum absolute atomic E-state index is 13.1. The highest BCUT2D eigenvalue weighted by Crippen LogP contribution is 2.18. The summed E-state index contributed by atoms with van der Waals surface area (Å²) in [5.74, 6) is 0.332. The van der Waals surface area contributed by atoms with Crippen molar-refractivity contribution in [2.24, 2.45) is 0 Å². The number of rotatable bonds is 2. The van der Waals surface area contributed by atoms with Gasteiger partial charge in [0, 0.05) is 0 Å². The lowest BCUT2D eigenvalue weighted by Crippen LogP contribution is -2.14. The zero-order chi connectivity index (χ0) is 13.4. The Morgan fingerprint density at radius 3 is 2.58 bits per heavy atom. The Morgan fingerprint density at radius 1 is 1.16 bits per heavy atom. The van der Waals surface area contributed by atoms with E-state index in [2.05, 4.69) is 4.98 Å². The number of ether oxygens (including phenoxy) is 1. The van der Waals surface area contributed by atoms with E-state index in [1.807, 2.05) is 0 Å². The fourth-order valence-corrected chi connectivity index (χ4v) is 2.07. The summed E-state index contributed by atoms with van der Waals surface area (Å²) < 4.78 is 19.7. The van der Waals surface area contributed by atoms with Crippen molar-refractivity contribution in [3.05, 3.63) is 58.8 Å². The molecule has 0 amide bonds. The van der Waals surface area contributed by atoms with Crippen molar-refractivity contribution in [1.82, 2.24) is 9.55 Å². The Kier molecular flexibility index (Phi) is 2.59. The quantitative estimate of drug-likeness (QED) is 0.767. The highest BCUT2D eigenvalue weighted by atomic mass is 19.1. The van der Waals surface area contributed by atoms with Crippen LogP contribution in [0.15, 0.2) is 47.3 Å². The number of aromatic nitrogens is 2. The van der Waals surface area contributed by atoms with Crippen LogP contribution < -0.4 is 10.4 Å². The van der Waals surface area contributed by atoms with Gasteiger partial charge in [0.05, 0.1) is 23.8 Å². The van der Waals surface area contributed by atoms with Gasteiger partial charge >= 0.3 is 5.69 Å². The molecular formula is C14H11FN2O2. The second kappa shape index (κ2) is 4.28. The summed E-state index contributed by atoms with van der Waals surface area (Å²) >= 11 is 0. The molecule has 0 atom stereocenters. The molecule has 1 N–H and O–H groups in total. The normalized spacial score (nSPS) is 10.8. The molecule has 19 heavy (non-hydrogen) atoms. The summed E-state index contributed by atoms with van der Waals surface area (Å²) in [6, 6.07) is 11.3. The molecule has 1 aromatic heterocycles. The van der Waals surface area contributed by atoms with Gasteiger partial charge in [-0.1, -0.05) is 0 Å². The molecule has 2 aromatic carbocycles. The van der Waals surface area contributed by atoms with E-state index >= 15 is 0 Å². The van der Waals surface area contributed by atoms with E-state index in [0.29, 0.717) is 22.5 Å². The Balaban J connectivity index is 2.23. The number of nitrogens with one attached hydrogen (secondary N) is 1. The topological polar surface area (TPSA) is 47.0 Å². The van der Waals surface area contributed by atoms with Crippen LogP contribution in [-0.4, -0.2) is 16.7 Å². The maximum atomic E-state index is 13.1. The van der Waals surface area contributed by atoms with Crippen LogP contribution in [0.2, 0.25) is 0 Å². The Bertz CT molecular complexity index is 787. The molecule has 3 rings (SSSR count). The first-order chi connectivity index (χ1) is 9.19. The number of hydrogen-bond acceptors (Lipinski definition) is 2. The summed E-state index contributed by atoms with van der Waals surface area (Å²) in [4.78, 5) is 14.6. The first-order valence-corrected chi connectivity index (χ1v) is 5.74. The third kappa shape index (κ3) is 1.89. The van der Waals surface area contributed by atoms with E-state index in [1.165, 1.54) is 16.7 Å². The van der Waals surface area contributed by atoms with Crippen molar-refractivity contribution in [1.29, 1.82) is 0 Å². The van der Waals surface area contributed by atoms with E-state index < -0.39 is 0 Å². The number of benzene rings is 2. The van der Waals surface area contributed by atoms with Crippen LogP contribution in [0.25, 0.3) is 16.7 Å². The highest BCUT2D eigenvalue weighted by molar-refractivity contribution is 5.77. The van der Waals surface area contributed by atoms with Gasteiger partial charge in [-0.25, -0.2) is 9.18 Å². The molecule has 0 bridgehead atoms. The smallest absolute Gasteiger partial charge is 0.331 e. The molecule has 0 aliphatic carbocycles. The van der Waals surface area contributed by atoms with Gasteiger partial charge in [-0.3, -0.25) is 4.57 Å². The molecule has 96 valence electrons. The van der Waals surface area contributed by atoms with Gasteiger partial charge in [0.25, 0.3) is 0 Å². The van der Waals surface area contributed by atoms with Gasteiger partial charge in [-0.15, -0.1) is 0 Å². The molecule has 0 fully saturated rings. The number of halogens is 1. The molecule has 0 unspecified atom stereocenters. The summed E-state index contributed by atoms with van der Waals surface area (Å²) in [7, 11) is 1.58. The minimum Gasteiger partial charge on any atom is -0.497 e. The molecule has 0 radical (unpaired) electrons. The van der Waals surface area contributed by atoms with E-state index in [1.54, 1.807) is 37.4 Å². The summed E-state index contributed by atoms with van der Waals surface area (Å²) in [6.07, 6.45) is 0. The maximum Gasteiger partial charge on any atom is 0.331 e. The third-order valence-corrected chi connectivity index (χ3v) is 2.97. The first-order valence-electron chi connectivity index (χ1n) is 5.74. The van der Waals surface area contributed by atoms with Gasteiger partial charge in [-0.2, -0.15) is 0 Å². The van der Waals surface area contributed by atoms with Crippen molar-refractivity contribution < 1.29 is 9.13 Å². The van der Waals surface area contributed by atoms with Gasteiger partial charge in [0.2, 0.25) is 0 Å². The van der Waals surface area contributed by atoms with E-state index in [4.69, 9.17) is 4.74 Å². The number of fused-ring (bicyclic) bond motifs is 1. The molecule has 0 spiro atoms. The summed E-state index contributed by atoms with van der Waals surface area (Å²) in [6.45, 7) is 0. The molecule has 1 heterocycles. The van der Waals surface area contributed by atoms with Crippen LogP contribution in [0.5, 0.6) is 5.75 Å². The number of imidazole rings is 1. The predicted octanol–water partition coefficient (Wildman–Crippen LogP) is 2.47. The Morgan fingerprint density at radius 2 is 1.89 bits per heavy atom. The average molecular weight is 258 g/mol. The molecule has 0 saturated heterocycles. The fraction of sp³-hybridized carbons (Fsp3) is 0.0714. The molecule has 0 aliphatic heterocycles. The first kappa shape index (κ1) is 11.5. The lowest BCUT2D eigenvalue weighted by molar-refractivity contribution is 0.414. The number of aromatic amines is 1. The van der Waals surface area contributed by atoms with Crippen LogP contribution in [0.4, 0.5) is 4.39 Å². The molecular weight excluding hydrogens is 247 g/mol. The number of nitrogens with zero attached hydrogens (tertiary/aromatic N) is 1. The van der Waals surface area contributed by atoms with E-state index in [0.717, 1.165) is 0 Å². The molecule has 0 saturated carbocycles. The predicted molar refractivity (Wildman–Crippen MR) is 70.4 cm³/mol. The molecule has 5 heteroatoms. The van der Waals surface area contributed by atoms with Crippen LogP contribution >= 0.6 is 0 Å². The fourth-order valence-electron chi connectivity index (χ4n) is 2.07. The lowest BCUT2D eigenvalue weighted by atomic mass is 10.2. The van der Waals surface area contributed by atoms with Gasteiger partial charge in [0.1, 0.15) is 11.6 Å². The SMILES string of the molecule is COc1ccc(-n2c(=O)[nH]c3cc(F)ccc32)cc1. The zero-order valence-electron chi connectivity index (χ0n) is 10.2. The Hall–Kier alpha value is -2.56. The van der Waals surface area contributed by atoms with Crippen molar-refractivity contribution in [3.63, 3.8) is 0 Å². The van der Waals surface area contributed by atoms with E-state index in [-0.39, 0.29) is 11.5 Å². The van der Waals surface area contributed by atoms with Crippen LogP contribution in [0.1, 0.15) is 0 Å². The Labute approximate surface area is 108 Å². The van der Waals surface area contributed by atoms with Gasteiger partial charge < -0.3 is 9.72 Å². The summed E-state index contributed by atoms with van der Waals surface area (Å²) in [5, 5.41) is 0. The second-order valence-electron chi connectivity index (χ2n) is 4.13. The molecule has 0 aliphatic rings. The van der Waals surface area contributed by atoms with Crippen LogP contribution in [0.3, 0.4) is 0 Å². The summed E-state index contributed by atoms with van der Waals surface area (Å²) in [5.41, 5.74) is 1.51. The van der Waals surface area contributed by atoms with Gasteiger partial charge in [0.15, 0.2) is 0 Å². The number of methoxy groups -OCH3 is 1. The van der Waals surface area contributed by atoms with Crippen LogP contribution in [-0.2, 0) is 0 Å². The van der Waals surface area contributed by atoms with Crippen molar-refractivity contribution >= 4 is 11.0 Å². The van der Waals surface area contributed by atoms with Crippen molar-refractivity contribution in [2.45, 2.75) is 0 Å². The third-order valence-electron chi connectivity index (χ3n) is 2.97. The average Bonchev–Trinajstić information content (AvgIpc) is 2.74. The van der Waals surface area contributed by atoms with Gasteiger partial charge in [-0.05, 0) is 42.5 Å². The highest BCUT2D eigenvalue weighted by Gasteiger charge is 2.09. The van der Waals surface area contributed by atoms with E-state index in [9.17, 15) is 9.18 Å². The monoisotopic (exact) mass is 258 g/mol. The number of hydrogen-bond donors (Lipinski definition) is 1. The molecule has 4 nitrogen and oxygen atoms in total. The number of H-pyrrole nitrogens is 1. The zero-order valence-corrected chi connectivity index (χ0v) is 10.2. The largest absolute Gasteiger partial charge is 0.497 e. The molecule has 3 aromatic rings. The standard InChI is InChI=1S/C14H11FN2O2/c1-19-11-5-3-10(4-6-11)17-13-7-2-9(15)8-12(13)16-14(17)18/h2-8H,1H3,(H,16,18). The van der Waals surface area contributed by atoms with Crippen molar-refractivity contribution in [2.75, 3.05) is 7.11 Å². The van der Waals surface area contributed by atoms with Crippen molar-refractivity contribution in [3.8, 4) is 11.4 Å². The minimum atomic E-state index is -0.379.